The minimum atomic E-state index is 0.208. The zero-order valence-corrected chi connectivity index (χ0v) is 14.7. The van der Waals surface area contributed by atoms with Gasteiger partial charge in [-0.05, 0) is 44.7 Å². The summed E-state index contributed by atoms with van der Waals surface area (Å²) in [6.07, 6.45) is 0. The summed E-state index contributed by atoms with van der Waals surface area (Å²) in [4.78, 5) is 0. The summed E-state index contributed by atoms with van der Waals surface area (Å²) in [7, 11) is 0. The number of rotatable bonds is 0. The van der Waals surface area contributed by atoms with Crippen molar-refractivity contribution in [1.29, 1.82) is 0 Å². The molecule has 0 bridgehead atoms. The lowest BCUT2D eigenvalue weighted by Crippen LogP contribution is -2.10. The van der Waals surface area contributed by atoms with E-state index in [1.165, 1.54) is 27.1 Å². The first kappa shape index (κ1) is 16.3. The molecule has 0 heterocycles. The zero-order valence-electron chi connectivity index (χ0n) is 14.7. The van der Waals surface area contributed by atoms with Crippen molar-refractivity contribution in [3.05, 3.63) is 96.6 Å². The van der Waals surface area contributed by atoms with Gasteiger partial charge in [0.1, 0.15) is 0 Å². The summed E-state index contributed by atoms with van der Waals surface area (Å²) < 4.78 is 0. The van der Waals surface area contributed by atoms with Gasteiger partial charge >= 0.3 is 0 Å². The van der Waals surface area contributed by atoms with Crippen molar-refractivity contribution in [3.8, 4) is 0 Å². The average Bonchev–Trinajstić information content (AvgIpc) is 2.60. The van der Waals surface area contributed by atoms with Gasteiger partial charge in [0.2, 0.25) is 0 Å². The third-order valence-corrected chi connectivity index (χ3v) is 4.24. The monoisotopic (exact) mass is 312 g/mol. The van der Waals surface area contributed by atoms with E-state index in [1.54, 1.807) is 0 Å². The maximum absolute atomic E-state index is 2.32. The molecule has 24 heavy (non-hydrogen) atoms. The van der Waals surface area contributed by atoms with Crippen LogP contribution in [0.4, 0.5) is 0 Å². The molecule has 0 nitrogen and oxygen atoms in total. The average molecular weight is 312 g/mol. The van der Waals surface area contributed by atoms with E-state index in [1.807, 2.05) is 36.4 Å². The molecule has 0 atom stereocenters. The molecule has 0 heteroatoms. The Bertz CT molecular complexity index is 901. The summed E-state index contributed by atoms with van der Waals surface area (Å²) in [5, 5.41) is 5.28. The standard InChI is InChI=1S/C18H18.C6H6/c1-18(2,3)17-9-8-15-10-13-6-4-5-7-14(13)11-16(15)12-17;1-2-4-6-5-3-1/h4-12H,1-3H3;1-6H. The lowest BCUT2D eigenvalue weighted by atomic mass is 9.85. The summed E-state index contributed by atoms with van der Waals surface area (Å²) >= 11 is 0. The molecule has 4 aromatic carbocycles. The SMILES string of the molecule is CC(C)(C)c1ccc2cc3ccccc3cc2c1.c1ccccc1. The molecule has 0 aliphatic carbocycles. The first-order chi connectivity index (χ1) is 11.5. The van der Waals surface area contributed by atoms with E-state index < -0.39 is 0 Å². The number of fused-ring (bicyclic) bond motifs is 2. The van der Waals surface area contributed by atoms with Crippen LogP contribution in [0.1, 0.15) is 26.3 Å². The van der Waals surface area contributed by atoms with Gasteiger partial charge in [-0.3, -0.25) is 0 Å². The Morgan fingerprint density at radius 2 is 0.917 bits per heavy atom. The predicted octanol–water partition coefficient (Wildman–Crippen LogP) is 6.98. The molecule has 4 aromatic rings. The second kappa shape index (κ2) is 6.88. The molecule has 0 radical (unpaired) electrons. The fourth-order valence-corrected chi connectivity index (χ4v) is 2.79. The van der Waals surface area contributed by atoms with E-state index in [-0.39, 0.29) is 5.41 Å². The van der Waals surface area contributed by atoms with E-state index in [0.29, 0.717) is 0 Å². The topological polar surface area (TPSA) is 0 Å². The van der Waals surface area contributed by atoms with Crippen LogP contribution in [0.5, 0.6) is 0 Å². The van der Waals surface area contributed by atoms with Crippen molar-refractivity contribution in [2.75, 3.05) is 0 Å². The second-order valence-corrected chi connectivity index (χ2v) is 7.17. The van der Waals surface area contributed by atoms with Gasteiger partial charge in [-0.2, -0.15) is 0 Å². The molecule has 0 amide bonds. The number of hydrogen-bond donors (Lipinski definition) is 0. The molecule has 0 unspecified atom stereocenters. The van der Waals surface area contributed by atoms with Crippen LogP contribution in [0.3, 0.4) is 0 Å². The Balaban J connectivity index is 0.000000238. The van der Waals surface area contributed by atoms with Crippen LogP contribution in [-0.2, 0) is 5.41 Å². The van der Waals surface area contributed by atoms with Crippen molar-refractivity contribution in [2.45, 2.75) is 26.2 Å². The number of benzene rings is 4. The molecule has 0 aliphatic heterocycles. The summed E-state index contributed by atoms with van der Waals surface area (Å²) in [6.45, 7) is 6.78. The lowest BCUT2D eigenvalue weighted by molar-refractivity contribution is 0.591. The maximum atomic E-state index is 2.32. The van der Waals surface area contributed by atoms with Crippen LogP contribution in [0.2, 0.25) is 0 Å². The molecule has 4 rings (SSSR count). The fourth-order valence-electron chi connectivity index (χ4n) is 2.79. The quantitative estimate of drug-likeness (QED) is 0.307. The minimum absolute atomic E-state index is 0.208. The van der Waals surface area contributed by atoms with E-state index >= 15 is 0 Å². The molecule has 0 aromatic heterocycles. The Morgan fingerprint density at radius 1 is 0.458 bits per heavy atom. The van der Waals surface area contributed by atoms with Crippen LogP contribution >= 0.6 is 0 Å². The van der Waals surface area contributed by atoms with Gasteiger partial charge in [-0.15, -0.1) is 0 Å². The van der Waals surface area contributed by atoms with E-state index in [2.05, 4.69) is 75.4 Å². The van der Waals surface area contributed by atoms with Gasteiger partial charge in [0, 0.05) is 0 Å². The maximum Gasteiger partial charge on any atom is -0.0132 e. The molecule has 0 N–H and O–H groups in total. The smallest absolute Gasteiger partial charge is 0.0132 e. The van der Waals surface area contributed by atoms with Crippen LogP contribution in [0.15, 0.2) is 91.0 Å². The Hall–Kier alpha value is -2.60. The molecular weight excluding hydrogens is 288 g/mol. The first-order valence-corrected chi connectivity index (χ1v) is 8.47. The third kappa shape index (κ3) is 3.83. The Labute approximate surface area is 144 Å². The van der Waals surface area contributed by atoms with Crippen molar-refractivity contribution in [1.82, 2.24) is 0 Å². The highest BCUT2D eigenvalue weighted by molar-refractivity contribution is 5.98. The predicted molar refractivity (Wildman–Crippen MR) is 107 cm³/mol. The third-order valence-electron chi connectivity index (χ3n) is 4.24. The van der Waals surface area contributed by atoms with Crippen molar-refractivity contribution >= 4 is 21.5 Å². The summed E-state index contributed by atoms with van der Waals surface area (Å²) in [5.74, 6) is 0. The largest absolute Gasteiger partial charge is 0.0623 e. The van der Waals surface area contributed by atoms with Gasteiger partial charge in [0.15, 0.2) is 0 Å². The Morgan fingerprint density at radius 3 is 1.42 bits per heavy atom. The highest BCUT2D eigenvalue weighted by atomic mass is 14.2. The normalized spacial score (nSPS) is 11.1. The molecular formula is C24H24. The first-order valence-electron chi connectivity index (χ1n) is 8.47. The highest BCUT2D eigenvalue weighted by Crippen LogP contribution is 2.28. The molecule has 0 aliphatic rings. The summed E-state index contributed by atoms with van der Waals surface area (Å²) in [5.41, 5.74) is 1.60. The van der Waals surface area contributed by atoms with Crippen molar-refractivity contribution in [2.24, 2.45) is 0 Å². The minimum Gasteiger partial charge on any atom is -0.0623 e. The number of hydrogen-bond acceptors (Lipinski definition) is 0. The second-order valence-electron chi connectivity index (χ2n) is 7.17. The summed E-state index contributed by atoms with van der Waals surface area (Å²) in [6, 6.07) is 31.9. The van der Waals surface area contributed by atoms with Crippen LogP contribution < -0.4 is 0 Å². The van der Waals surface area contributed by atoms with Gasteiger partial charge < -0.3 is 0 Å². The van der Waals surface area contributed by atoms with Gasteiger partial charge in [0.25, 0.3) is 0 Å². The van der Waals surface area contributed by atoms with Crippen molar-refractivity contribution < 1.29 is 0 Å². The van der Waals surface area contributed by atoms with Crippen LogP contribution in [0, 0.1) is 0 Å². The Kier molecular flexibility index (Phi) is 4.66. The molecule has 0 saturated heterocycles. The molecule has 0 spiro atoms. The van der Waals surface area contributed by atoms with E-state index in [4.69, 9.17) is 0 Å². The fraction of sp³-hybridized carbons (Fsp3) is 0.167. The molecule has 120 valence electrons. The van der Waals surface area contributed by atoms with Crippen LogP contribution in [-0.4, -0.2) is 0 Å². The highest BCUT2D eigenvalue weighted by Gasteiger charge is 2.13. The molecule has 0 saturated carbocycles. The van der Waals surface area contributed by atoms with E-state index in [9.17, 15) is 0 Å². The van der Waals surface area contributed by atoms with E-state index in [0.717, 1.165) is 0 Å². The molecule has 0 fully saturated rings. The zero-order chi connectivity index (χ0) is 17.0. The van der Waals surface area contributed by atoms with Gasteiger partial charge in [0.05, 0.1) is 0 Å². The van der Waals surface area contributed by atoms with Gasteiger partial charge in [-0.1, -0.05) is 99.6 Å². The van der Waals surface area contributed by atoms with Gasteiger partial charge in [-0.25, -0.2) is 0 Å². The van der Waals surface area contributed by atoms with Crippen molar-refractivity contribution in [3.63, 3.8) is 0 Å². The lowest BCUT2D eigenvalue weighted by Gasteiger charge is -2.19. The van der Waals surface area contributed by atoms with Crippen LogP contribution in [0.25, 0.3) is 21.5 Å².